The van der Waals surface area contributed by atoms with Crippen LogP contribution >= 0.6 is 23.2 Å². The second-order valence-electron chi connectivity index (χ2n) is 5.37. The number of hydrogen-bond acceptors (Lipinski definition) is 3. The van der Waals surface area contributed by atoms with Gasteiger partial charge in [0.1, 0.15) is 16.6 Å². The Morgan fingerprint density at radius 1 is 1.25 bits per heavy atom. The number of benzene rings is 1. The smallest absolute Gasteiger partial charge is 0.383 e. The molecule has 0 bridgehead atoms. The number of nitrogens with zero attached hydrogens (tertiary/aromatic N) is 2. The number of hydrogen-bond donors (Lipinski definition) is 0. The van der Waals surface area contributed by atoms with Gasteiger partial charge in [0, 0.05) is 37.4 Å². The lowest BCUT2D eigenvalue weighted by molar-refractivity contribution is -0.137. The summed E-state index contributed by atoms with van der Waals surface area (Å²) in [6, 6.07) is 4.72. The summed E-state index contributed by atoms with van der Waals surface area (Å²) in [5, 5.41) is -0.102. The first kappa shape index (κ1) is 18.5. The Hall–Kier alpha value is -1.79. The van der Waals surface area contributed by atoms with Crippen molar-refractivity contribution in [1.29, 1.82) is 0 Å². The molecule has 24 heavy (non-hydrogen) atoms. The van der Waals surface area contributed by atoms with Crippen LogP contribution in [0.4, 0.5) is 13.2 Å². The van der Waals surface area contributed by atoms with E-state index in [1.807, 2.05) is 0 Å². The lowest BCUT2D eigenvalue weighted by atomic mass is 9.84. The number of aldehydes is 1. The molecule has 128 valence electrons. The largest absolute Gasteiger partial charge is 0.416 e. The molecule has 1 heterocycles. The number of alkyl halides is 3. The van der Waals surface area contributed by atoms with Gasteiger partial charge >= 0.3 is 6.18 Å². The first-order valence-corrected chi connectivity index (χ1v) is 7.55. The number of carbonyl (C=O) groups is 1. The van der Waals surface area contributed by atoms with Crippen LogP contribution in [0.3, 0.4) is 0 Å². The van der Waals surface area contributed by atoms with Crippen molar-refractivity contribution < 1.29 is 18.0 Å². The Labute approximate surface area is 147 Å². The molecule has 0 aliphatic carbocycles. The van der Waals surface area contributed by atoms with Crippen LogP contribution in [0.25, 0.3) is 0 Å². The Morgan fingerprint density at radius 2 is 1.92 bits per heavy atom. The highest BCUT2D eigenvalue weighted by Gasteiger charge is 2.34. The van der Waals surface area contributed by atoms with E-state index in [0.29, 0.717) is 11.9 Å². The Kier molecular flexibility index (Phi) is 5.40. The van der Waals surface area contributed by atoms with Crippen molar-refractivity contribution in [2.24, 2.45) is 4.99 Å². The summed E-state index contributed by atoms with van der Waals surface area (Å²) in [5.74, 6) is -0.829. The van der Waals surface area contributed by atoms with Crippen LogP contribution in [0.2, 0.25) is 0 Å². The number of rotatable bonds is 3. The number of halogens is 5. The molecule has 0 N–H and O–H groups in total. The Morgan fingerprint density at radius 3 is 2.46 bits per heavy atom. The van der Waals surface area contributed by atoms with Crippen LogP contribution in [-0.2, 0) is 11.0 Å². The highest BCUT2D eigenvalue weighted by atomic mass is 35.5. The van der Waals surface area contributed by atoms with Gasteiger partial charge in [0.15, 0.2) is 0 Å². The average molecular weight is 377 g/mol. The van der Waals surface area contributed by atoms with Gasteiger partial charge in [-0.05, 0) is 11.6 Å². The van der Waals surface area contributed by atoms with Crippen LogP contribution < -0.4 is 0 Å². The zero-order valence-electron chi connectivity index (χ0n) is 12.7. The fourth-order valence-electron chi connectivity index (χ4n) is 2.40. The van der Waals surface area contributed by atoms with E-state index in [2.05, 4.69) is 4.99 Å². The van der Waals surface area contributed by atoms with E-state index in [9.17, 15) is 18.0 Å². The fraction of sp³-hybridized carbons (Fsp3) is 0.250. The second-order valence-corrected chi connectivity index (χ2v) is 6.09. The third-order valence-electron chi connectivity index (χ3n) is 3.37. The zero-order valence-corrected chi connectivity index (χ0v) is 14.2. The molecule has 1 aromatic rings. The lowest BCUT2D eigenvalue weighted by Gasteiger charge is -2.26. The van der Waals surface area contributed by atoms with Crippen LogP contribution in [-0.4, -0.2) is 30.5 Å². The topological polar surface area (TPSA) is 32.7 Å². The average Bonchev–Trinajstić information content (AvgIpc) is 2.48. The molecule has 1 aliphatic heterocycles. The Bertz CT molecular complexity index is 752. The first-order chi connectivity index (χ1) is 11.1. The van der Waals surface area contributed by atoms with Crippen LogP contribution in [0.1, 0.15) is 17.0 Å². The summed E-state index contributed by atoms with van der Waals surface area (Å²) in [6.45, 7) is 0. The molecule has 1 unspecified atom stereocenters. The molecule has 0 aromatic heterocycles. The number of aliphatic imine (C=N–C) groups is 1. The molecule has 3 nitrogen and oxygen atoms in total. The van der Waals surface area contributed by atoms with Gasteiger partial charge in [-0.2, -0.15) is 13.2 Å². The summed E-state index contributed by atoms with van der Waals surface area (Å²) in [4.78, 5) is 17.0. The van der Waals surface area contributed by atoms with Gasteiger partial charge in [-0.1, -0.05) is 41.4 Å². The quantitative estimate of drug-likeness (QED) is 0.573. The minimum atomic E-state index is -4.50. The minimum absolute atomic E-state index is 0.0294. The second kappa shape index (κ2) is 6.99. The summed E-state index contributed by atoms with van der Waals surface area (Å²) in [6.07, 6.45) is -2.41. The molecule has 1 aromatic carbocycles. The van der Waals surface area contributed by atoms with Crippen LogP contribution in [0, 0.1) is 0 Å². The van der Waals surface area contributed by atoms with Crippen LogP contribution in [0.5, 0.6) is 0 Å². The predicted octanol–water partition coefficient (Wildman–Crippen LogP) is 4.53. The van der Waals surface area contributed by atoms with E-state index in [1.54, 1.807) is 25.2 Å². The van der Waals surface area contributed by atoms with Gasteiger partial charge in [0.25, 0.3) is 0 Å². The summed E-state index contributed by atoms with van der Waals surface area (Å²) < 4.78 is 39.0. The monoisotopic (exact) mass is 376 g/mol. The summed E-state index contributed by atoms with van der Waals surface area (Å²) >= 11 is 12.1. The van der Waals surface area contributed by atoms with Crippen molar-refractivity contribution >= 4 is 34.7 Å². The van der Waals surface area contributed by atoms with Crippen LogP contribution in [0.15, 0.2) is 51.8 Å². The predicted molar refractivity (Wildman–Crippen MR) is 88.2 cm³/mol. The van der Waals surface area contributed by atoms with E-state index < -0.39 is 17.7 Å². The molecule has 0 radical (unpaired) electrons. The van der Waals surface area contributed by atoms with Crippen molar-refractivity contribution in [2.45, 2.75) is 12.1 Å². The number of allylic oxidation sites excluding steroid dienone is 2. The zero-order chi connectivity index (χ0) is 18.1. The van der Waals surface area contributed by atoms with Gasteiger partial charge in [-0.3, -0.25) is 4.79 Å². The van der Waals surface area contributed by atoms with E-state index in [1.165, 1.54) is 12.1 Å². The van der Waals surface area contributed by atoms with E-state index in [4.69, 9.17) is 23.2 Å². The van der Waals surface area contributed by atoms with E-state index in [-0.39, 0.29) is 21.5 Å². The maximum Gasteiger partial charge on any atom is 0.416 e. The molecule has 1 aliphatic rings. The van der Waals surface area contributed by atoms with Gasteiger partial charge < -0.3 is 4.90 Å². The minimum Gasteiger partial charge on any atom is -0.383 e. The molecular weight excluding hydrogens is 364 g/mol. The standard InChI is InChI=1S/C16H13Cl2F3N2O/c1-23(2)7-11-13(12(8-24)15(18)22-14(11)17)9-4-3-5-10(6-9)16(19,20)21/h3-8,13H,1-2H3/b11-7-. The van der Waals surface area contributed by atoms with Crippen molar-refractivity contribution in [3.8, 4) is 0 Å². The molecule has 0 saturated carbocycles. The van der Waals surface area contributed by atoms with E-state index in [0.717, 1.165) is 12.1 Å². The molecule has 1 atom stereocenters. The highest BCUT2D eigenvalue weighted by Crippen LogP contribution is 2.41. The SMILES string of the molecule is CN(C)/C=C1\C(Cl)=NC(Cl)=C(C=O)C1c1cccc(C(F)(F)F)c1. The Balaban J connectivity index is 2.67. The maximum absolute atomic E-state index is 13.0. The summed E-state index contributed by atoms with van der Waals surface area (Å²) in [5.41, 5.74) is -0.101. The summed E-state index contributed by atoms with van der Waals surface area (Å²) in [7, 11) is 3.45. The molecule has 8 heteroatoms. The lowest BCUT2D eigenvalue weighted by Crippen LogP contribution is -2.20. The van der Waals surface area contributed by atoms with E-state index >= 15 is 0 Å². The van der Waals surface area contributed by atoms with Crippen molar-refractivity contribution in [1.82, 2.24) is 4.90 Å². The normalized spacial score (nSPS) is 20.2. The molecular formula is C16H13Cl2F3N2O. The van der Waals surface area contributed by atoms with Crippen molar-refractivity contribution in [3.63, 3.8) is 0 Å². The fourth-order valence-corrected chi connectivity index (χ4v) is 2.92. The molecule has 2 rings (SSSR count). The van der Waals surface area contributed by atoms with Gasteiger partial charge in [-0.25, -0.2) is 4.99 Å². The molecule has 0 spiro atoms. The number of carbonyl (C=O) groups excluding carboxylic acids is 1. The maximum atomic E-state index is 13.0. The van der Waals surface area contributed by atoms with Gasteiger partial charge in [0.2, 0.25) is 0 Å². The van der Waals surface area contributed by atoms with Gasteiger partial charge in [-0.15, -0.1) is 0 Å². The molecule has 0 amide bonds. The third-order valence-corrected chi connectivity index (χ3v) is 3.97. The van der Waals surface area contributed by atoms with Crippen molar-refractivity contribution in [3.05, 3.63) is 57.9 Å². The first-order valence-electron chi connectivity index (χ1n) is 6.80. The van der Waals surface area contributed by atoms with Gasteiger partial charge in [0.05, 0.1) is 5.56 Å². The third kappa shape index (κ3) is 3.82. The molecule has 0 fully saturated rings. The molecule has 0 saturated heterocycles. The highest BCUT2D eigenvalue weighted by molar-refractivity contribution is 6.70. The van der Waals surface area contributed by atoms with Crippen molar-refractivity contribution in [2.75, 3.05) is 14.1 Å².